The van der Waals surface area contributed by atoms with Crippen LogP contribution in [0.15, 0.2) is 54.6 Å². The van der Waals surface area contributed by atoms with Crippen LogP contribution >= 0.6 is 0 Å². The molecule has 17 heavy (non-hydrogen) atoms. The minimum atomic E-state index is -0.618. The predicted octanol–water partition coefficient (Wildman–Crippen LogP) is 2.46. The van der Waals surface area contributed by atoms with E-state index in [1.54, 1.807) is 30.3 Å². The number of carbonyl (C=O) groups is 2. The molecule has 0 spiro atoms. The fourth-order valence-corrected chi connectivity index (χ4v) is 1.50. The molecular formula is C14H10O3. The Morgan fingerprint density at radius 2 is 1.35 bits per heavy atom. The molecule has 0 unspecified atom stereocenters. The summed E-state index contributed by atoms with van der Waals surface area (Å²) in [4.78, 5) is 23.7. The Morgan fingerprint density at radius 1 is 0.765 bits per heavy atom. The summed E-state index contributed by atoms with van der Waals surface area (Å²) >= 11 is 0. The van der Waals surface area contributed by atoms with Gasteiger partial charge in [-0.1, -0.05) is 42.5 Å². The third kappa shape index (κ3) is 2.39. The first kappa shape index (κ1) is 11.1. The maximum absolute atomic E-state index is 11.8. The summed E-state index contributed by atoms with van der Waals surface area (Å²) in [5.41, 5.74) is 0.541. The molecule has 84 valence electrons. The largest absolute Gasteiger partial charge is 0.508 e. The van der Waals surface area contributed by atoms with Crippen molar-refractivity contribution >= 4 is 11.6 Å². The second-order valence-corrected chi connectivity index (χ2v) is 3.57. The summed E-state index contributed by atoms with van der Waals surface area (Å²) in [6.07, 6.45) is 0. The smallest absolute Gasteiger partial charge is 0.233 e. The van der Waals surface area contributed by atoms with E-state index in [-0.39, 0.29) is 11.3 Å². The average Bonchev–Trinajstić information content (AvgIpc) is 2.38. The lowest BCUT2D eigenvalue weighted by molar-refractivity contribution is 0.0817. The van der Waals surface area contributed by atoms with Gasteiger partial charge in [0.25, 0.3) is 0 Å². The Hall–Kier alpha value is -2.42. The quantitative estimate of drug-likeness (QED) is 0.646. The van der Waals surface area contributed by atoms with E-state index < -0.39 is 11.6 Å². The molecule has 0 aliphatic carbocycles. The van der Waals surface area contributed by atoms with Gasteiger partial charge in [-0.25, -0.2) is 0 Å². The van der Waals surface area contributed by atoms with Crippen LogP contribution in [-0.4, -0.2) is 16.7 Å². The lowest BCUT2D eigenvalue weighted by Gasteiger charge is -2.01. The van der Waals surface area contributed by atoms with E-state index in [9.17, 15) is 14.7 Å². The van der Waals surface area contributed by atoms with Crippen molar-refractivity contribution in [3.05, 3.63) is 65.7 Å². The molecule has 0 amide bonds. The molecule has 0 heterocycles. The molecule has 0 aliphatic heterocycles. The fourth-order valence-electron chi connectivity index (χ4n) is 1.50. The van der Waals surface area contributed by atoms with Crippen molar-refractivity contribution in [3.63, 3.8) is 0 Å². The van der Waals surface area contributed by atoms with E-state index in [2.05, 4.69) is 0 Å². The van der Waals surface area contributed by atoms with Crippen LogP contribution in [0.5, 0.6) is 5.75 Å². The van der Waals surface area contributed by atoms with E-state index in [0.717, 1.165) is 0 Å². The topological polar surface area (TPSA) is 54.4 Å². The first-order chi connectivity index (χ1) is 8.18. The van der Waals surface area contributed by atoms with Gasteiger partial charge in [0.1, 0.15) is 5.75 Å². The minimum Gasteiger partial charge on any atom is -0.508 e. The van der Waals surface area contributed by atoms with Gasteiger partial charge in [-0.3, -0.25) is 9.59 Å². The summed E-state index contributed by atoms with van der Waals surface area (Å²) in [5, 5.41) is 9.25. The number of benzene rings is 2. The van der Waals surface area contributed by atoms with Crippen LogP contribution in [-0.2, 0) is 0 Å². The van der Waals surface area contributed by atoms with Gasteiger partial charge in [0.05, 0.1) is 0 Å². The number of ketones is 2. The Labute approximate surface area is 98.3 Å². The van der Waals surface area contributed by atoms with Crippen molar-refractivity contribution in [2.45, 2.75) is 0 Å². The third-order valence-corrected chi connectivity index (χ3v) is 2.35. The molecule has 0 saturated carbocycles. The number of rotatable bonds is 3. The molecule has 0 bridgehead atoms. The van der Waals surface area contributed by atoms with Crippen LogP contribution in [0.1, 0.15) is 20.7 Å². The lowest BCUT2D eigenvalue weighted by atomic mass is 10.0. The van der Waals surface area contributed by atoms with Crippen LogP contribution in [0.25, 0.3) is 0 Å². The van der Waals surface area contributed by atoms with Gasteiger partial charge < -0.3 is 5.11 Å². The Balaban J connectivity index is 2.30. The standard InChI is InChI=1S/C14H10O3/c15-12-8-4-7-11(9-12)14(17)13(16)10-5-2-1-3-6-10/h1-9,15H. The fraction of sp³-hybridized carbons (Fsp3) is 0. The highest BCUT2D eigenvalue weighted by Crippen LogP contribution is 2.13. The number of carbonyl (C=O) groups excluding carboxylic acids is 2. The molecule has 3 heteroatoms. The molecule has 3 nitrogen and oxygen atoms in total. The molecule has 0 fully saturated rings. The minimum absolute atomic E-state index is 0.0308. The van der Waals surface area contributed by atoms with Crippen LogP contribution in [0.3, 0.4) is 0 Å². The summed E-state index contributed by atoms with van der Waals surface area (Å²) in [6, 6.07) is 14.1. The molecule has 0 atom stereocenters. The zero-order valence-electron chi connectivity index (χ0n) is 8.96. The predicted molar refractivity (Wildman–Crippen MR) is 63.2 cm³/mol. The number of aromatic hydroxyl groups is 1. The monoisotopic (exact) mass is 226 g/mol. The Morgan fingerprint density at radius 3 is 2.00 bits per heavy atom. The van der Waals surface area contributed by atoms with E-state index in [4.69, 9.17) is 0 Å². The van der Waals surface area contributed by atoms with E-state index in [1.807, 2.05) is 0 Å². The van der Waals surface area contributed by atoms with Gasteiger partial charge in [0.15, 0.2) is 0 Å². The van der Waals surface area contributed by atoms with Gasteiger partial charge in [-0.2, -0.15) is 0 Å². The van der Waals surface area contributed by atoms with Crippen molar-refractivity contribution < 1.29 is 14.7 Å². The Bertz CT molecular complexity index is 559. The number of phenolic OH excluding ortho intramolecular Hbond substituents is 1. The van der Waals surface area contributed by atoms with Crippen LogP contribution in [0, 0.1) is 0 Å². The van der Waals surface area contributed by atoms with E-state index in [1.165, 1.54) is 24.3 Å². The van der Waals surface area contributed by atoms with Crippen molar-refractivity contribution in [1.29, 1.82) is 0 Å². The molecule has 2 aromatic carbocycles. The average molecular weight is 226 g/mol. The van der Waals surface area contributed by atoms with Crippen molar-refractivity contribution in [2.24, 2.45) is 0 Å². The molecule has 2 rings (SSSR count). The lowest BCUT2D eigenvalue weighted by Crippen LogP contribution is -2.14. The highest BCUT2D eigenvalue weighted by atomic mass is 16.3. The molecule has 0 saturated heterocycles. The first-order valence-corrected chi connectivity index (χ1v) is 5.11. The normalized spacial score (nSPS) is 9.88. The second-order valence-electron chi connectivity index (χ2n) is 3.57. The summed E-state index contributed by atoms with van der Waals surface area (Å²) in [6.45, 7) is 0. The van der Waals surface area contributed by atoms with Gasteiger partial charge in [0, 0.05) is 11.1 Å². The van der Waals surface area contributed by atoms with Crippen LogP contribution < -0.4 is 0 Å². The molecule has 0 aromatic heterocycles. The summed E-state index contributed by atoms with van der Waals surface area (Å²) < 4.78 is 0. The molecule has 2 aromatic rings. The summed E-state index contributed by atoms with van der Waals surface area (Å²) in [5.74, 6) is -1.22. The SMILES string of the molecule is O=C(C(=O)c1cccc(O)c1)c1ccccc1. The number of hydrogen-bond acceptors (Lipinski definition) is 3. The second kappa shape index (κ2) is 4.61. The van der Waals surface area contributed by atoms with Gasteiger partial charge in [0.2, 0.25) is 11.6 Å². The van der Waals surface area contributed by atoms with Gasteiger partial charge in [-0.15, -0.1) is 0 Å². The number of Topliss-reactive ketones (excluding diaryl/α,β-unsaturated/α-hetero) is 2. The number of phenols is 1. The zero-order valence-corrected chi connectivity index (χ0v) is 8.96. The number of hydrogen-bond donors (Lipinski definition) is 1. The van der Waals surface area contributed by atoms with Crippen molar-refractivity contribution in [3.8, 4) is 5.75 Å². The van der Waals surface area contributed by atoms with Crippen LogP contribution in [0.2, 0.25) is 0 Å². The summed E-state index contributed by atoms with van der Waals surface area (Å²) in [7, 11) is 0. The third-order valence-electron chi connectivity index (χ3n) is 2.35. The maximum Gasteiger partial charge on any atom is 0.233 e. The highest BCUT2D eigenvalue weighted by molar-refractivity contribution is 6.49. The molecular weight excluding hydrogens is 216 g/mol. The molecule has 0 aliphatic rings. The van der Waals surface area contributed by atoms with Crippen LogP contribution in [0.4, 0.5) is 0 Å². The zero-order chi connectivity index (χ0) is 12.3. The highest BCUT2D eigenvalue weighted by Gasteiger charge is 2.17. The van der Waals surface area contributed by atoms with E-state index >= 15 is 0 Å². The maximum atomic E-state index is 11.8. The van der Waals surface area contributed by atoms with Gasteiger partial charge in [-0.05, 0) is 12.1 Å². The van der Waals surface area contributed by atoms with Crippen molar-refractivity contribution in [2.75, 3.05) is 0 Å². The molecule has 0 radical (unpaired) electrons. The van der Waals surface area contributed by atoms with Crippen molar-refractivity contribution in [1.82, 2.24) is 0 Å². The molecule has 1 N–H and O–H groups in total. The Kier molecular flexibility index (Phi) is 3.01. The van der Waals surface area contributed by atoms with E-state index in [0.29, 0.717) is 5.56 Å². The van der Waals surface area contributed by atoms with Gasteiger partial charge >= 0.3 is 0 Å². The first-order valence-electron chi connectivity index (χ1n) is 5.11.